The lowest BCUT2D eigenvalue weighted by molar-refractivity contribution is 0.498. The van der Waals surface area contributed by atoms with Crippen molar-refractivity contribution in [2.75, 3.05) is 12.0 Å². The van der Waals surface area contributed by atoms with Crippen LogP contribution in [0, 0.1) is 0 Å². The van der Waals surface area contributed by atoms with Gasteiger partial charge in [0, 0.05) is 7.05 Å². The number of nitrogens with one attached hydrogen (secondary N) is 1. The first kappa shape index (κ1) is 12.0. The summed E-state index contributed by atoms with van der Waals surface area (Å²) in [6.07, 6.45) is 3.03. The standard InChI is InChI=1S/C7H14BrN5S/c1-13-6(7(8)11-12-13)5(10-9)3-4-14-2/h5,10H,3-4,9H2,1-2H3. The monoisotopic (exact) mass is 279 g/mol. The molecule has 0 aliphatic heterocycles. The van der Waals surface area contributed by atoms with Gasteiger partial charge in [-0.05, 0) is 34.4 Å². The largest absolute Gasteiger partial charge is 0.271 e. The number of rotatable bonds is 5. The molecule has 1 unspecified atom stereocenters. The molecule has 1 rings (SSSR count). The van der Waals surface area contributed by atoms with Gasteiger partial charge in [0.1, 0.15) is 0 Å². The van der Waals surface area contributed by atoms with E-state index in [0.29, 0.717) is 0 Å². The van der Waals surface area contributed by atoms with E-state index in [-0.39, 0.29) is 6.04 Å². The number of nitrogens with zero attached hydrogens (tertiary/aromatic N) is 3. The highest BCUT2D eigenvalue weighted by Crippen LogP contribution is 2.23. The number of hydrogen-bond donors (Lipinski definition) is 2. The van der Waals surface area contributed by atoms with Crippen molar-refractivity contribution in [3.05, 3.63) is 10.3 Å². The lowest BCUT2D eigenvalue weighted by Crippen LogP contribution is -2.30. The summed E-state index contributed by atoms with van der Waals surface area (Å²) < 4.78 is 2.48. The van der Waals surface area contributed by atoms with Crippen LogP contribution in [0.3, 0.4) is 0 Å². The molecule has 0 amide bonds. The van der Waals surface area contributed by atoms with Crippen LogP contribution in [-0.2, 0) is 7.05 Å². The van der Waals surface area contributed by atoms with Gasteiger partial charge < -0.3 is 0 Å². The molecule has 0 fully saturated rings. The average Bonchev–Trinajstić information content (AvgIpc) is 2.50. The van der Waals surface area contributed by atoms with Crippen LogP contribution in [0.4, 0.5) is 0 Å². The quantitative estimate of drug-likeness (QED) is 0.618. The summed E-state index contributed by atoms with van der Waals surface area (Å²) in [5, 5.41) is 7.83. The van der Waals surface area contributed by atoms with Gasteiger partial charge in [-0.2, -0.15) is 11.8 Å². The highest BCUT2D eigenvalue weighted by atomic mass is 79.9. The van der Waals surface area contributed by atoms with Crippen molar-refractivity contribution in [1.29, 1.82) is 0 Å². The lowest BCUT2D eigenvalue weighted by atomic mass is 10.2. The van der Waals surface area contributed by atoms with Crippen LogP contribution < -0.4 is 11.3 Å². The Labute approximate surface area is 95.9 Å². The zero-order chi connectivity index (χ0) is 10.6. The molecule has 1 heterocycles. The van der Waals surface area contributed by atoms with E-state index in [0.717, 1.165) is 22.5 Å². The van der Waals surface area contributed by atoms with E-state index < -0.39 is 0 Å². The molecule has 1 aromatic rings. The van der Waals surface area contributed by atoms with Crippen LogP contribution in [0.15, 0.2) is 4.60 Å². The minimum Gasteiger partial charge on any atom is -0.271 e. The number of nitrogens with two attached hydrogens (primary N) is 1. The molecule has 0 spiro atoms. The van der Waals surface area contributed by atoms with Crippen LogP contribution >= 0.6 is 27.7 Å². The maximum Gasteiger partial charge on any atom is 0.153 e. The third-order valence-electron chi connectivity index (χ3n) is 1.97. The Morgan fingerprint density at radius 2 is 2.43 bits per heavy atom. The van der Waals surface area contributed by atoms with Crippen molar-refractivity contribution >= 4 is 27.7 Å². The third-order valence-corrected chi connectivity index (χ3v) is 3.18. The average molecular weight is 280 g/mol. The molecule has 0 saturated heterocycles. The normalized spacial score (nSPS) is 13.1. The number of thioether (sulfide) groups is 1. The molecule has 0 saturated carbocycles. The Hall–Kier alpha value is -0.110. The highest BCUT2D eigenvalue weighted by molar-refractivity contribution is 9.10. The summed E-state index contributed by atoms with van der Waals surface area (Å²) in [5.74, 6) is 6.54. The van der Waals surface area contributed by atoms with E-state index in [2.05, 4.69) is 37.9 Å². The molecule has 0 aliphatic rings. The van der Waals surface area contributed by atoms with Crippen LogP contribution in [0.5, 0.6) is 0 Å². The second kappa shape index (κ2) is 5.69. The fourth-order valence-electron chi connectivity index (χ4n) is 1.24. The molecule has 1 aromatic heterocycles. The van der Waals surface area contributed by atoms with E-state index in [4.69, 9.17) is 5.84 Å². The molecule has 0 bridgehead atoms. The molecule has 1 atom stereocenters. The lowest BCUT2D eigenvalue weighted by Gasteiger charge is -2.15. The molecule has 0 radical (unpaired) electrons. The molecule has 80 valence electrons. The van der Waals surface area contributed by atoms with Crippen molar-refractivity contribution in [3.63, 3.8) is 0 Å². The maximum absolute atomic E-state index is 5.49. The summed E-state index contributed by atoms with van der Waals surface area (Å²) in [4.78, 5) is 0. The van der Waals surface area contributed by atoms with E-state index in [9.17, 15) is 0 Å². The Balaban J connectivity index is 2.77. The van der Waals surface area contributed by atoms with E-state index >= 15 is 0 Å². The smallest absolute Gasteiger partial charge is 0.153 e. The Morgan fingerprint density at radius 3 is 2.86 bits per heavy atom. The molecule has 3 N–H and O–H groups in total. The number of hydrazine groups is 1. The Bertz CT molecular complexity index is 270. The maximum atomic E-state index is 5.49. The minimum absolute atomic E-state index is 0.0943. The third kappa shape index (κ3) is 2.69. The molecule has 0 aromatic carbocycles. The SMILES string of the molecule is CSCCC(NN)c1c(Br)nnn1C. The van der Waals surface area contributed by atoms with Gasteiger partial charge in [0.15, 0.2) is 4.60 Å². The fraction of sp³-hybridized carbons (Fsp3) is 0.714. The number of halogens is 1. The van der Waals surface area contributed by atoms with Crippen molar-refractivity contribution in [3.8, 4) is 0 Å². The first-order chi connectivity index (χ1) is 6.70. The molecule has 14 heavy (non-hydrogen) atoms. The topological polar surface area (TPSA) is 68.8 Å². The molecular formula is C7H14BrN5S. The van der Waals surface area contributed by atoms with Crippen molar-refractivity contribution in [1.82, 2.24) is 20.4 Å². The molecule has 7 heteroatoms. The fourth-order valence-corrected chi connectivity index (χ4v) is 2.32. The van der Waals surface area contributed by atoms with Gasteiger partial charge in [-0.15, -0.1) is 5.10 Å². The number of hydrogen-bond acceptors (Lipinski definition) is 5. The molecular weight excluding hydrogens is 266 g/mol. The van der Waals surface area contributed by atoms with Gasteiger partial charge in [0.25, 0.3) is 0 Å². The van der Waals surface area contributed by atoms with Crippen molar-refractivity contribution < 1.29 is 0 Å². The number of aryl methyl sites for hydroxylation is 1. The number of aromatic nitrogens is 3. The zero-order valence-electron chi connectivity index (χ0n) is 8.20. The van der Waals surface area contributed by atoms with Gasteiger partial charge in [0.2, 0.25) is 0 Å². The first-order valence-electron chi connectivity index (χ1n) is 4.20. The first-order valence-corrected chi connectivity index (χ1v) is 6.39. The van der Waals surface area contributed by atoms with E-state index in [1.54, 1.807) is 16.4 Å². The summed E-state index contributed by atoms with van der Waals surface area (Å²) in [5.41, 5.74) is 3.76. The highest BCUT2D eigenvalue weighted by Gasteiger charge is 2.18. The molecule has 5 nitrogen and oxygen atoms in total. The van der Waals surface area contributed by atoms with Crippen molar-refractivity contribution in [2.24, 2.45) is 12.9 Å². The van der Waals surface area contributed by atoms with E-state index in [1.807, 2.05) is 7.05 Å². The summed E-state index contributed by atoms with van der Waals surface area (Å²) in [6, 6.07) is 0.0943. The minimum atomic E-state index is 0.0943. The summed E-state index contributed by atoms with van der Waals surface area (Å²) in [6.45, 7) is 0. The zero-order valence-corrected chi connectivity index (χ0v) is 10.6. The van der Waals surface area contributed by atoms with Crippen LogP contribution in [0.25, 0.3) is 0 Å². The van der Waals surface area contributed by atoms with E-state index in [1.165, 1.54) is 0 Å². The van der Waals surface area contributed by atoms with Crippen LogP contribution in [0.1, 0.15) is 18.2 Å². The van der Waals surface area contributed by atoms with Gasteiger partial charge in [-0.25, -0.2) is 4.68 Å². The van der Waals surface area contributed by atoms with Gasteiger partial charge >= 0.3 is 0 Å². The Kier molecular flexibility index (Phi) is 4.86. The van der Waals surface area contributed by atoms with Crippen LogP contribution in [-0.4, -0.2) is 27.0 Å². The van der Waals surface area contributed by atoms with Gasteiger partial charge in [-0.3, -0.25) is 11.3 Å². The van der Waals surface area contributed by atoms with Gasteiger partial charge in [0.05, 0.1) is 11.7 Å². The predicted molar refractivity (Wildman–Crippen MR) is 61.8 cm³/mol. The Morgan fingerprint density at radius 1 is 1.71 bits per heavy atom. The predicted octanol–water partition coefficient (Wildman–Crippen LogP) is 0.835. The second-order valence-corrected chi connectivity index (χ2v) is 4.63. The van der Waals surface area contributed by atoms with Crippen molar-refractivity contribution in [2.45, 2.75) is 12.5 Å². The van der Waals surface area contributed by atoms with Crippen LogP contribution in [0.2, 0.25) is 0 Å². The summed E-state index contributed by atoms with van der Waals surface area (Å²) in [7, 11) is 1.86. The van der Waals surface area contributed by atoms with Gasteiger partial charge in [-0.1, -0.05) is 5.21 Å². The summed E-state index contributed by atoms with van der Waals surface area (Å²) >= 11 is 5.15. The molecule has 0 aliphatic carbocycles. The second-order valence-electron chi connectivity index (χ2n) is 2.89.